The van der Waals surface area contributed by atoms with E-state index in [-0.39, 0.29) is 0 Å². The second-order valence-electron chi connectivity index (χ2n) is 19.0. The normalized spacial score (nSPS) is 12.3. The van der Waals surface area contributed by atoms with E-state index in [0.717, 1.165) is 127 Å². The van der Waals surface area contributed by atoms with Gasteiger partial charge in [-0.3, -0.25) is 0 Å². The van der Waals surface area contributed by atoms with E-state index >= 15 is 0 Å². The molecule has 5 heterocycles. The molecule has 0 radical (unpaired) electrons. The molecular formula is C66H39N3O3. The van der Waals surface area contributed by atoms with Gasteiger partial charge >= 0.3 is 0 Å². The molecule has 0 spiro atoms. The van der Waals surface area contributed by atoms with Gasteiger partial charge in [0.2, 0.25) is 0 Å². The molecule has 16 aromatic rings. The van der Waals surface area contributed by atoms with Gasteiger partial charge in [-0.15, -0.1) is 0 Å². The molecule has 0 unspecified atom stereocenters. The third kappa shape index (κ3) is 5.54. The number of aromatic nitrogens is 3. The average molecular weight is 922 g/mol. The Labute approximate surface area is 410 Å². The molecule has 72 heavy (non-hydrogen) atoms. The number of hydrogen-bond acceptors (Lipinski definition) is 5. The first-order valence-electron chi connectivity index (χ1n) is 24.6. The van der Waals surface area contributed by atoms with Crippen LogP contribution in [0.2, 0.25) is 0 Å². The van der Waals surface area contributed by atoms with Crippen LogP contribution in [0.3, 0.4) is 0 Å². The van der Waals surface area contributed by atoms with E-state index in [1.165, 1.54) is 32.3 Å². The quantitative estimate of drug-likeness (QED) is 0.172. The lowest BCUT2D eigenvalue weighted by molar-refractivity contribution is 0.668. The Morgan fingerprint density at radius 1 is 0.375 bits per heavy atom. The SMILES string of the molecule is CCc1c(-c2ccc3c(c2)oc2ccccc23)nc(-c2ccc3c(c2)oc2ccccc23)nc1-c1c2ccccc2c(-n2c3cc4ccccc4cc3c3cc4ccccc4cc32)c2c1oc1ccccc12. The summed E-state index contributed by atoms with van der Waals surface area (Å²) >= 11 is 0. The fraction of sp³-hybridized carbons (Fsp3) is 0.0303. The lowest BCUT2D eigenvalue weighted by Gasteiger charge is -2.20. The second-order valence-corrected chi connectivity index (χ2v) is 19.0. The Kier molecular flexibility index (Phi) is 8.06. The van der Waals surface area contributed by atoms with Crippen LogP contribution in [-0.4, -0.2) is 14.5 Å². The number of nitrogens with zero attached hydrogens (tertiary/aromatic N) is 3. The first-order valence-corrected chi connectivity index (χ1v) is 24.6. The minimum absolute atomic E-state index is 0.586. The Hall–Kier alpha value is -9.52. The van der Waals surface area contributed by atoms with E-state index in [0.29, 0.717) is 12.2 Å². The van der Waals surface area contributed by atoms with E-state index in [1.807, 2.05) is 24.3 Å². The van der Waals surface area contributed by atoms with Crippen molar-refractivity contribution in [2.75, 3.05) is 0 Å². The van der Waals surface area contributed by atoms with Gasteiger partial charge in [-0.1, -0.05) is 146 Å². The van der Waals surface area contributed by atoms with Crippen LogP contribution >= 0.6 is 0 Å². The molecule has 0 atom stereocenters. The maximum atomic E-state index is 7.32. The van der Waals surface area contributed by atoms with Crippen LogP contribution in [0.4, 0.5) is 0 Å². The van der Waals surface area contributed by atoms with Gasteiger partial charge in [0.05, 0.1) is 39.1 Å². The molecule has 0 saturated heterocycles. The summed E-state index contributed by atoms with van der Waals surface area (Å²) in [5.41, 5.74) is 13.6. The molecule has 6 heteroatoms. The second kappa shape index (κ2) is 14.7. The smallest absolute Gasteiger partial charge is 0.160 e. The van der Waals surface area contributed by atoms with Crippen molar-refractivity contribution < 1.29 is 13.3 Å². The Morgan fingerprint density at radius 3 is 1.43 bits per heavy atom. The van der Waals surface area contributed by atoms with Crippen molar-refractivity contribution in [2.45, 2.75) is 13.3 Å². The van der Waals surface area contributed by atoms with Crippen molar-refractivity contribution in [1.29, 1.82) is 0 Å². The minimum atomic E-state index is 0.586. The van der Waals surface area contributed by atoms with Gasteiger partial charge in [0.15, 0.2) is 5.82 Å². The summed E-state index contributed by atoms with van der Waals surface area (Å²) in [5, 5.41) is 15.6. The number of fused-ring (bicyclic) bond motifs is 15. The van der Waals surface area contributed by atoms with Gasteiger partial charge < -0.3 is 17.8 Å². The van der Waals surface area contributed by atoms with Crippen LogP contribution in [0.1, 0.15) is 12.5 Å². The summed E-state index contributed by atoms with van der Waals surface area (Å²) < 4.78 is 22.8. The number of para-hydroxylation sites is 3. The first kappa shape index (κ1) is 39.3. The van der Waals surface area contributed by atoms with Crippen molar-refractivity contribution in [3.05, 3.63) is 212 Å². The van der Waals surface area contributed by atoms with Gasteiger partial charge in [0.25, 0.3) is 0 Å². The maximum absolute atomic E-state index is 7.32. The molecule has 0 bridgehead atoms. The Balaban J connectivity index is 1.05. The molecule has 16 rings (SSSR count). The molecule has 0 fully saturated rings. The Morgan fingerprint density at radius 2 is 0.833 bits per heavy atom. The summed E-state index contributed by atoms with van der Waals surface area (Å²) in [4.78, 5) is 11.3. The van der Waals surface area contributed by atoms with Crippen LogP contribution in [0.15, 0.2) is 220 Å². The molecule has 0 saturated carbocycles. The van der Waals surface area contributed by atoms with Crippen LogP contribution in [0.5, 0.6) is 0 Å². The lowest BCUT2D eigenvalue weighted by Crippen LogP contribution is -2.04. The number of furan rings is 3. The zero-order valence-corrected chi connectivity index (χ0v) is 38.9. The molecule has 336 valence electrons. The van der Waals surface area contributed by atoms with Crippen LogP contribution < -0.4 is 0 Å². The maximum Gasteiger partial charge on any atom is 0.160 e. The van der Waals surface area contributed by atoms with E-state index in [9.17, 15) is 0 Å². The zero-order chi connectivity index (χ0) is 47.2. The van der Waals surface area contributed by atoms with E-state index in [1.54, 1.807) is 0 Å². The van der Waals surface area contributed by atoms with Crippen molar-refractivity contribution in [3.8, 4) is 39.6 Å². The first-order chi connectivity index (χ1) is 35.6. The van der Waals surface area contributed by atoms with Crippen molar-refractivity contribution in [1.82, 2.24) is 14.5 Å². The predicted molar refractivity (Wildman–Crippen MR) is 296 cm³/mol. The van der Waals surface area contributed by atoms with Crippen molar-refractivity contribution in [3.63, 3.8) is 0 Å². The molecule has 0 aliphatic carbocycles. The van der Waals surface area contributed by atoms with Gasteiger partial charge in [0.1, 0.15) is 33.5 Å². The minimum Gasteiger partial charge on any atom is -0.456 e. The van der Waals surface area contributed by atoms with Crippen molar-refractivity contribution >= 4 is 120 Å². The molecule has 0 amide bonds. The molecular weight excluding hydrogens is 883 g/mol. The largest absolute Gasteiger partial charge is 0.456 e. The van der Waals surface area contributed by atoms with E-state index in [4.69, 9.17) is 23.2 Å². The lowest BCUT2D eigenvalue weighted by atomic mass is 9.91. The summed E-state index contributed by atoms with van der Waals surface area (Å²) in [6, 6.07) is 73.3. The van der Waals surface area contributed by atoms with E-state index in [2.05, 4.69) is 193 Å². The number of hydrogen-bond donors (Lipinski definition) is 0. The van der Waals surface area contributed by atoms with Crippen LogP contribution in [-0.2, 0) is 6.42 Å². The van der Waals surface area contributed by atoms with Crippen LogP contribution in [0.25, 0.3) is 160 Å². The predicted octanol–water partition coefficient (Wildman–Crippen LogP) is 18.3. The highest BCUT2D eigenvalue weighted by Gasteiger charge is 2.29. The number of rotatable bonds is 5. The molecule has 0 aliphatic heterocycles. The fourth-order valence-corrected chi connectivity index (χ4v) is 11.8. The molecule has 0 N–H and O–H groups in total. The van der Waals surface area contributed by atoms with Gasteiger partial charge in [-0.25, -0.2) is 9.97 Å². The fourth-order valence-electron chi connectivity index (χ4n) is 11.8. The standard InChI is InChI=1S/C66H39N3O3/c1-2-43-62(41-27-29-46-44-19-9-12-24-55(44)70-58(46)35-41)67-66(42-28-30-47-45-20-10-13-25-56(45)71-59(47)36-42)68-63(43)60-48-21-7-8-22-49(48)64(61-50-23-11-14-26-57(50)72-65(60)61)69-53-33-39-17-5-3-15-37(39)31-51(53)52-32-38-16-4-6-18-40(38)34-54(52)69/h3-36H,2H2,1H3. The molecule has 11 aromatic carbocycles. The summed E-state index contributed by atoms with van der Waals surface area (Å²) in [6.07, 6.45) is 0.649. The monoisotopic (exact) mass is 921 g/mol. The highest BCUT2D eigenvalue weighted by Crippen LogP contribution is 2.50. The van der Waals surface area contributed by atoms with Crippen molar-refractivity contribution in [2.24, 2.45) is 0 Å². The van der Waals surface area contributed by atoms with Crippen LogP contribution in [0, 0.1) is 0 Å². The zero-order valence-electron chi connectivity index (χ0n) is 38.9. The average Bonchev–Trinajstić information content (AvgIpc) is 4.19. The van der Waals surface area contributed by atoms with E-state index < -0.39 is 0 Å². The highest BCUT2D eigenvalue weighted by atomic mass is 16.3. The third-order valence-corrected chi connectivity index (χ3v) is 15.1. The molecule has 6 nitrogen and oxygen atoms in total. The molecule has 5 aromatic heterocycles. The Bertz CT molecular complexity index is 4900. The summed E-state index contributed by atoms with van der Waals surface area (Å²) in [7, 11) is 0. The topological polar surface area (TPSA) is 70.1 Å². The summed E-state index contributed by atoms with van der Waals surface area (Å²) in [6.45, 7) is 2.20. The van der Waals surface area contributed by atoms with Gasteiger partial charge in [0, 0.05) is 59.8 Å². The third-order valence-electron chi connectivity index (χ3n) is 15.1. The number of benzene rings is 11. The highest BCUT2D eigenvalue weighted by molar-refractivity contribution is 6.26. The molecule has 0 aliphatic rings. The van der Waals surface area contributed by atoms with Gasteiger partial charge in [-0.05, 0) is 100 Å². The van der Waals surface area contributed by atoms with Gasteiger partial charge in [-0.2, -0.15) is 0 Å². The summed E-state index contributed by atoms with van der Waals surface area (Å²) in [5.74, 6) is 0.586.